The summed E-state index contributed by atoms with van der Waals surface area (Å²) >= 11 is 3.65. The predicted molar refractivity (Wildman–Crippen MR) is 78.6 cm³/mol. The molecule has 0 fully saturated rings. The second-order valence-corrected chi connectivity index (χ2v) is 5.29. The molecule has 0 spiro atoms. The third-order valence-corrected chi connectivity index (χ3v) is 3.73. The van der Waals surface area contributed by atoms with E-state index in [1.54, 1.807) is 6.20 Å². The van der Waals surface area contributed by atoms with E-state index in [1.807, 2.05) is 19.3 Å². The minimum absolute atomic E-state index is 0.296. The van der Waals surface area contributed by atoms with Gasteiger partial charge in [-0.2, -0.15) is 0 Å². The highest BCUT2D eigenvalue weighted by Crippen LogP contribution is 2.26. The summed E-state index contributed by atoms with van der Waals surface area (Å²) in [7, 11) is 1.99. The number of hydrogen-bond donors (Lipinski definition) is 1. The number of benzene rings is 1. The second-order valence-electron chi connectivity index (χ2n) is 4.43. The largest absolute Gasteiger partial charge is 0.313 e. The molecule has 0 aliphatic rings. The molecule has 0 saturated heterocycles. The number of nitrogens with one attached hydrogen (secondary N) is 1. The molecule has 0 aliphatic carbocycles. The Morgan fingerprint density at radius 1 is 1.33 bits per heavy atom. The van der Waals surface area contributed by atoms with Crippen LogP contribution in [0.4, 0.5) is 0 Å². The molecule has 2 aromatic rings. The van der Waals surface area contributed by atoms with Crippen LogP contribution in [0.15, 0.2) is 47.2 Å². The monoisotopic (exact) mass is 304 g/mol. The van der Waals surface area contributed by atoms with Gasteiger partial charge in [0.25, 0.3) is 0 Å². The summed E-state index contributed by atoms with van der Waals surface area (Å²) < 4.78 is 1.16. The Bertz CT molecular complexity index is 511. The topological polar surface area (TPSA) is 24.9 Å². The fourth-order valence-corrected chi connectivity index (χ4v) is 2.81. The first kappa shape index (κ1) is 13.2. The minimum atomic E-state index is 0.296. The first-order chi connectivity index (χ1) is 8.70. The van der Waals surface area contributed by atoms with Crippen molar-refractivity contribution in [3.05, 3.63) is 63.9 Å². The summed E-state index contributed by atoms with van der Waals surface area (Å²) in [5.74, 6) is 0. The molecular formula is C15H17BrN2. The van der Waals surface area contributed by atoms with Crippen molar-refractivity contribution < 1.29 is 0 Å². The average Bonchev–Trinajstić information content (AvgIpc) is 2.38. The Morgan fingerprint density at radius 3 is 2.78 bits per heavy atom. The summed E-state index contributed by atoms with van der Waals surface area (Å²) in [5.41, 5.74) is 3.79. The SMILES string of the molecule is CNC(Cc1cccnc1)c1ccc(C)cc1Br. The summed E-state index contributed by atoms with van der Waals surface area (Å²) in [6.07, 6.45) is 4.66. The molecule has 0 aliphatic heterocycles. The quantitative estimate of drug-likeness (QED) is 0.932. The van der Waals surface area contributed by atoms with Crippen molar-refractivity contribution in [2.45, 2.75) is 19.4 Å². The Balaban J connectivity index is 2.23. The van der Waals surface area contributed by atoms with E-state index in [-0.39, 0.29) is 0 Å². The molecule has 0 radical (unpaired) electrons. The maximum atomic E-state index is 4.16. The van der Waals surface area contributed by atoms with Gasteiger partial charge in [-0.25, -0.2) is 0 Å². The smallest absolute Gasteiger partial charge is 0.0370 e. The van der Waals surface area contributed by atoms with Gasteiger partial charge in [0.05, 0.1) is 0 Å². The fourth-order valence-electron chi connectivity index (χ4n) is 2.04. The van der Waals surface area contributed by atoms with E-state index in [2.05, 4.69) is 57.4 Å². The molecule has 94 valence electrons. The minimum Gasteiger partial charge on any atom is -0.313 e. The first-order valence-corrected chi connectivity index (χ1v) is 6.82. The zero-order chi connectivity index (χ0) is 13.0. The van der Waals surface area contributed by atoms with Gasteiger partial charge in [0.15, 0.2) is 0 Å². The van der Waals surface area contributed by atoms with Crippen LogP contribution >= 0.6 is 15.9 Å². The van der Waals surface area contributed by atoms with E-state index >= 15 is 0 Å². The van der Waals surface area contributed by atoms with Crippen LogP contribution in [0.3, 0.4) is 0 Å². The Hall–Kier alpha value is -1.19. The van der Waals surface area contributed by atoms with Crippen LogP contribution in [-0.4, -0.2) is 12.0 Å². The molecule has 1 aromatic heterocycles. The molecule has 1 unspecified atom stereocenters. The van der Waals surface area contributed by atoms with E-state index in [0.29, 0.717) is 6.04 Å². The average molecular weight is 305 g/mol. The summed E-state index contributed by atoms with van der Waals surface area (Å²) in [6, 6.07) is 10.9. The van der Waals surface area contributed by atoms with E-state index < -0.39 is 0 Å². The van der Waals surface area contributed by atoms with Crippen molar-refractivity contribution in [1.82, 2.24) is 10.3 Å². The molecule has 2 nitrogen and oxygen atoms in total. The fraction of sp³-hybridized carbons (Fsp3) is 0.267. The number of rotatable bonds is 4. The number of likely N-dealkylation sites (N-methyl/N-ethyl adjacent to an activating group) is 1. The number of aryl methyl sites for hydroxylation is 1. The second kappa shape index (κ2) is 6.12. The lowest BCUT2D eigenvalue weighted by molar-refractivity contribution is 0.588. The van der Waals surface area contributed by atoms with Gasteiger partial charge < -0.3 is 5.32 Å². The van der Waals surface area contributed by atoms with Gasteiger partial charge in [-0.1, -0.05) is 34.1 Å². The molecule has 3 heteroatoms. The Labute approximate surface area is 117 Å². The van der Waals surface area contributed by atoms with Crippen molar-refractivity contribution in [1.29, 1.82) is 0 Å². The van der Waals surface area contributed by atoms with Crippen LogP contribution in [0.5, 0.6) is 0 Å². The molecule has 18 heavy (non-hydrogen) atoms. The lowest BCUT2D eigenvalue weighted by Crippen LogP contribution is -2.19. The normalized spacial score (nSPS) is 12.4. The number of pyridine rings is 1. The maximum absolute atomic E-state index is 4.16. The highest BCUT2D eigenvalue weighted by Gasteiger charge is 2.13. The van der Waals surface area contributed by atoms with Gasteiger partial charge in [-0.3, -0.25) is 4.98 Å². The van der Waals surface area contributed by atoms with Gasteiger partial charge >= 0.3 is 0 Å². The number of hydrogen-bond acceptors (Lipinski definition) is 2. The van der Waals surface area contributed by atoms with E-state index in [9.17, 15) is 0 Å². The highest BCUT2D eigenvalue weighted by molar-refractivity contribution is 9.10. The lowest BCUT2D eigenvalue weighted by Gasteiger charge is -2.18. The van der Waals surface area contributed by atoms with Crippen LogP contribution < -0.4 is 5.32 Å². The molecule has 1 atom stereocenters. The third-order valence-electron chi connectivity index (χ3n) is 3.04. The number of halogens is 1. The van der Waals surface area contributed by atoms with Gasteiger partial charge in [-0.15, -0.1) is 0 Å². The Morgan fingerprint density at radius 2 is 2.17 bits per heavy atom. The van der Waals surface area contributed by atoms with Crippen molar-refractivity contribution in [2.75, 3.05) is 7.05 Å². The van der Waals surface area contributed by atoms with Crippen molar-refractivity contribution in [3.63, 3.8) is 0 Å². The first-order valence-electron chi connectivity index (χ1n) is 6.03. The van der Waals surface area contributed by atoms with Crippen LogP contribution in [-0.2, 0) is 6.42 Å². The zero-order valence-corrected chi connectivity index (χ0v) is 12.2. The van der Waals surface area contributed by atoms with Crippen LogP contribution in [0.2, 0.25) is 0 Å². The van der Waals surface area contributed by atoms with Gasteiger partial charge in [-0.05, 0) is 49.2 Å². The zero-order valence-electron chi connectivity index (χ0n) is 10.7. The summed E-state index contributed by atoms with van der Waals surface area (Å²) in [4.78, 5) is 4.16. The van der Waals surface area contributed by atoms with E-state index in [1.165, 1.54) is 16.7 Å². The van der Waals surface area contributed by atoms with Crippen molar-refractivity contribution >= 4 is 15.9 Å². The van der Waals surface area contributed by atoms with E-state index in [4.69, 9.17) is 0 Å². The van der Waals surface area contributed by atoms with Crippen molar-refractivity contribution in [3.8, 4) is 0 Å². The lowest BCUT2D eigenvalue weighted by atomic mass is 9.99. The molecule has 2 rings (SSSR count). The molecule has 1 N–H and O–H groups in total. The number of nitrogens with zero attached hydrogens (tertiary/aromatic N) is 1. The van der Waals surface area contributed by atoms with Crippen LogP contribution in [0.1, 0.15) is 22.7 Å². The predicted octanol–water partition coefficient (Wildman–Crippen LogP) is 3.66. The molecule has 0 amide bonds. The van der Waals surface area contributed by atoms with Crippen LogP contribution in [0, 0.1) is 6.92 Å². The standard InChI is InChI=1S/C15H17BrN2/c1-11-5-6-13(14(16)8-11)15(17-2)9-12-4-3-7-18-10-12/h3-8,10,15,17H,9H2,1-2H3. The molecule has 1 aromatic carbocycles. The molecular weight excluding hydrogens is 288 g/mol. The van der Waals surface area contributed by atoms with Gasteiger partial charge in [0.1, 0.15) is 0 Å². The maximum Gasteiger partial charge on any atom is 0.0370 e. The van der Waals surface area contributed by atoms with Gasteiger partial charge in [0, 0.05) is 22.9 Å². The number of aromatic nitrogens is 1. The third kappa shape index (κ3) is 3.18. The van der Waals surface area contributed by atoms with Gasteiger partial charge in [0.2, 0.25) is 0 Å². The Kier molecular flexibility index (Phi) is 4.50. The molecule has 0 saturated carbocycles. The molecule has 1 heterocycles. The molecule has 0 bridgehead atoms. The van der Waals surface area contributed by atoms with Crippen LogP contribution in [0.25, 0.3) is 0 Å². The summed E-state index contributed by atoms with van der Waals surface area (Å²) in [5, 5.41) is 3.37. The summed E-state index contributed by atoms with van der Waals surface area (Å²) in [6.45, 7) is 2.10. The van der Waals surface area contributed by atoms with E-state index in [0.717, 1.165) is 10.9 Å². The highest BCUT2D eigenvalue weighted by atomic mass is 79.9. The van der Waals surface area contributed by atoms with Crippen molar-refractivity contribution in [2.24, 2.45) is 0 Å².